The summed E-state index contributed by atoms with van der Waals surface area (Å²) >= 11 is 0. The van der Waals surface area contributed by atoms with E-state index < -0.39 is 5.97 Å². The number of hydrogen-bond acceptors (Lipinski definition) is 9. The van der Waals surface area contributed by atoms with Crippen molar-refractivity contribution in [3.8, 4) is 11.5 Å². The van der Waals surface area contributed by atoms with E-state index in [1.807, 2.05) is 24.3 Å². The Bertz CT molecular complexity index is 1170. The SMILES string of the molecule is COCCN1c2cccc(OCC(=O)O)c2C(C)C1C.COCCN1c2cccc(OCC(=O)OC)c2C(C)C1C. The number of carboxylic acid groups (broad SMARTS) is 1. The summed E-state index contributed by atoms with van der Waals surface area (Å²) < 4.78 is 26.0. The molecule has 0 spiro atoms. The van der Waals surface area contributed by atoms with E-state index in [1.165, 1.54) is 7.11 Å². The second-order valence-corrected chi connectivity index (χ2v) is 10.4. The topological polar surface area (TPSA) is 107 Å². The van der Waals surface area contributed by atoms with Gasteiger partial charge in [-0.2, -0.15) is 0 Å². The molecule has 0 saturated heterocycles. The van der Waals surface area contributed by atoms with Crippen molar-refractivity contribution in [3.63, 3.8) is 0 Å². The number of esters is 1. The number of hydrogen-bond donors (Lipinski definition) is 1. The van der Waals surface area contributed by atoms with Gasteiger partial charge < -0.3 is 38.6 Å². The van der Waals surface area contributed by atoms with Crippen LogP contribution in [0.1, 0.15) is 50.7 Å². The number of carbonyl (C=O) groups excluding carboxylic acids is 1. The molecule has 4 rings (SSSR count). The molecule has 41 heavy (non-hydrogen) atoms. The number of ether oxygens (including phenoxy) is 5. The summed E-state index contributed by atoms with van der Waals surface area (Å²) in [6.45, 7) is 11.3. The van der Waals surface area contributed by atoms with Crippen LogP contribution in [0.15, 0.2) is 36.4 Å². The van der Waals surface area contributed by atoms with Gasteiger partial charge in [-0.1, -0.05) is 26.0 Å². The van der Waals surface area contributed by atoms with Crippen LogP contribution in [0.3, 0.4) is 0 Å². The van der Waals surface area contributed by atoms with Crippen LogP contribution >= 0.6 is 0 Å². The molecule has 2 heterocycles. The molecule has 0 aliphatic carbocycles. The number of fused-ring (bicyclic) bond motifs is 2. The number of methoxy groups -OCH3 is 3. The van der Waals surface area contributed by atoms with Gasteiger partial charge in [-0.15, -0.1) is 0 Å². The summed E-state index contributed by atoms with van der Waals surface area (Å²) in [5.41, 5.74) is 4.53. The van der Waals surface area contributed by atoms with Gasteiger partial charge in [-0.3, -0.25) is 0 Å². The molecule has 4 atom stereocenters. The van der Waals surface area contributed by atoms with Gasteiger partial charge in [0.2, 0.25) is 0 Å². The predicted octanol–water partition coefficient (Wildman–Crippen LogP) is 4.31. The van der Waals surface area contributed by atoms with Crippen LogP contribution in [-0.4, -0.2) is 90.0 Å². The lowest BCUT2D eigenvalue weighted by Gasteiger charge is -2.25. The predicted molar refractivity (Wildman–Crippen MR) is 158 cm³/mol. The number of rotatable bonds is 12. The fourth-order valence-corrected chi connectivity index (χ4v) is 5.56. The zero-order valence-corrected chi connectivity index (χ0v) is 25.2. The lowest BCUT2D eigenvalue weighted by Crippen LogP contribution is -2.33. The summed E-state index contributed by atoms with van der Waals surface area (Å²) in [5, 5.41) is 8.76. The summed E-state index contributed by atoms with van der Waals surface area (Å²) in [7, 11) is 4.76. The third kappa shape index (κ3) is 7.42. The van der Waals surface area contributed by atoms with Gasteiger partial charge in [0, 0.05) is 73.7 Å². The summed E-state index contributed by atoms with van der Waals surface area (Å²) in [6, 6.07) is 12.5. The van der Waals surface area contributed by atoms with Gasteiger partial charge in [0.1, 0.15) is 11.5 Å². The van der Waals surface area contributed by atoms with Crippen LogP contribution < -0.4 is 19.3 Å². The van der Waals surface area contributed by atoms with E-state index in [1.54, 1.807) is 14.2 Å². The maximum atomic E-state index is 11.3. The first kappa shape index (κ1) is 32.0. The van der Waals surface area contributed by atoms with Crippen molar-refractivity contribution < 1.29 is 38.4 Å². The van der Waals surface area contributed by atoms with E-state index in [4.69, 9.17) is 24.1 Å². The van der Waals surface area contributed by atoms with Crippen LogP contribution in [0.4, 0.5) is 11.4 Å². The maximum absolute atomic E-state index is 11.3. The van der Waals surface area contributed by atoms with Gasteiger partial charge in [-0.25, -0.2) is 9.59 Å². The summed E-state index contributed by atoms with van der Waals surface area (Å²) in [5.74, 6) is 0.735. The number of nitrogens with zero attached hydrogens (tertiary/aromatic N) is 2. The highest BCUT2D eigenvalue weighted by atomic mass is 16.6. The van der Waals surface area contributed by atoms with Crippen LogP contribution in [0, 0.1) is 0 Å². The van der Waals surface area contributed by atoms with E-state index >= 15 is 0 Å². The molecule has 226 valence electrons. The van der Waals surface area contributed by atoms with Gasteiger partial charge in [0.25, 0.3) is 0 Å². The van der Waals surface area contributed by atoms with Gasteiger partial charge >= 0.3 is 11.9 Å². The molecule has 10 heteroatoms. The van der Waals surface area contributed by atoms with E-state index in [9.17, 15) is 9.59 Å². The van der Waals surface area contributed by atoms with Crippen molar-refractivity contribution in [3.05, 3.63) is 47.5 Å². The minimum absolute atomic E-state index is 0.0634. The molecule has 0 bridgehead atoms. The number of anilines is 2. The van der Waals surface area contributed by atoms with Crippen molar-refractivity contribution in [1.29, 1.82) is 0 Å². The number of benzene rings is 2. The van der Waals surface area contributed by atoms with Crippen molar-refractivity contribution in [2.45, 2.75) is 51.6 Å². The fourth-order valence-electron chi connectivity index (χ4n) is 5.56. The van der Waals surface area contributed by atoms with Crippen molar-refractivity contribution in [1.82, 2.24) is 0 Å². The van der Waals surface area contributed by atoms with Gasteiger partial charge in [0.05, 0.1) is 20.3 Å². The minimum atomic E-state index is -0.961. The Labute approximate surface area is 243 Å². The van der Waals surface area contributed by atoms with Crippen LogP contribution in [0.25, 0.3) is 0 Å². The minimum Gasteiger partial charge on any atom is -0.482 e. The lowest BCUT2D eigenvalue weighted by molar-refractivity contribution is -0.143. The molecular formula is C31H44N2O8. The quantitative estimate of drug-likeness (QED) is 0.370. The zero-order valence-electron chi connectivity index (χ0n) is 25.2. The highest BCUT2D eigenvalue weighted by Crippen LogP contribution is 2.46. The average molecular weight is 573 g/mol. The molecular weight excluding hydrogens is 528 g/mol. The van der Waals surface area contributed by atoms with Crippen LogP contribution in [0.5, 0.6) is 11.5 Å². The Morgan fingerprint density at radius 2 is 1.17 bits per heavy atom. The summed E-state index contributed by atoms with van der Waals surface area (Å²) in [4.78, 5) is 26.6. The molecule has 2 aliphatic rings. The van der Waals surface area contributed by atoms with Crippen LogP contribution in [-0.2, 0) is 23.8 Å². The summed E-state index contributed by atoms with van der Waals surface area (Å²) in [6.07, 6.45) is 0. The molecule has 2 aromatic rings. The highest BCUT2D eigenvalue weighted by molar-refractivity contribution is 5.72. The second kappa shape index (κ2) is 14.9. The second-order valence-electron chi connectivity index (χ2n) is 10.4. The van der Waals surface area contributed by atoms with E-state index in [-0.39, 0.29) is 19.2 Å². The first-order valence-corrected chi connectivity index (χ1v) is 14.0. The Balaban J connectivity index is 0.000000226. The van der Waals surface area contributed by atoms with Crippen molar-refractivity contribution in [2.75, 3.05) is 70.6 Å². The molecule has 0 aromatic heterocycles. The van der Waals surface area contributed by atoms with Gasteiger partial charge in [0.15, 0.2) is 13.2 Å². The molecule has 2 aliphatic heterocycles. The van der Waals surface area contributed by atoms with E-state index in [2.05, 4.69) is 54.4 Å². The lowest BCUT2D eigenvalue weighted by atomic mass is 9.97. The molecule has 1 N–H and O–H groups in total. The Morgan fingerprint density at radius 3 is 1.56 bits per heavy atom. The molecule has 10 nitrogen and oxygen atoms in total. The monoisotopic (exact) mass is 572 g/mol. The van der Waals surface area contributed by atoms with Crippen molar-refractivity contribution >= 4 is 23.3 Å². The first-order valence-electron chi connectivity index (χ1n) is 14.0. The van der Waals surface area contributed by atoms with E-state index in [0.29, 0.717) is 42.9 Å². The highest BCUT2D eigenvalue weighted by Gasteiger charge is 2.36. The normalized spacial score (nSPS) is 20.6. The number of carboxylic acids is 1. The maximum Gasteiger partial charge on any atom is 0.343 e. The molecule has 4 unspecified atom stereocenters. The van der Waals surface area contributed by atoms with Crippen LogP contribution in [0.2, 0.25) is 0 Å². The molecule has 0 radical (unpaired) electrons. The van der Waals surface area contributed by atoms with E-state index in [0.717, 1.165) is 41.3 Å². The van der Waals surface area contributed by atoms with Crippen molar-refractivity contribution in [2.24, 2.45) is 0 Å². The number of carbonyl (C=O) groups is 2. The Hall–Kier alpha value is -3.50. The Kier molecular flexibility index (Phi) is 11.7. The fraction of sp³-hybridized carbons (Fsp3) is 0.548. The molecule has 0 fully saturated rings. The smallest absolute Gasteiger partial charge is 0.343 e. The number of aliphatic carboxylic acids is 1. The molecule has 0 saturated carbocycles. The third-order valence-electron chi connectivity index (χ3n) is 8.04. The Morgan fingerprint density at radius 1 is 0.732 bits per heavy atom. The molecule has 0 amide bonds. The largest absolute Gasteiger partial charge is 0.482 e. The van der Waals surface area contributed by atoms with Gasteiger partial charge in [-0.05, 0) is 38.1 Å². The third-order valence-corrected chi connectivity index (χ3v) is 8.04. The zero-order chi connectivity index (χ0) is 30.1. The molecule has 2 aromatic carbocycles. The standard InChI is InChI=1S/C16H23NO4.C15H21NO4/c1-11-12(2)17(8-9-19-3)13-6-5-7-14(16(11)13)21-10-15(18)20-4;1-10-11(2)16(7-8-19-3)12-5-4-6-13(15(10)12)20-9-14(17)18/h5-7,11-12H,8-10H2,1-4H3;4-6,10-11H,7-9H2,1-3H3,(H,17,18). The average Bonchev–Trinajstić information content (AvgIpc) is 3.37. The first-order chi connectivity index (χ1) is 19.7.